The summed E-state index contributed by atoms with van der Waals surface area (Å²) in [5.74, 6) is -2.38. The number of phenolic OH excluding ortho intramolecular Hbond substituents is 1. The van der Waals surface area contributed by atoms with Gasteiger partial charge in [-0.1, -0.05) is 30.3 Å². The van der Waals surface area contributed by atoms with Crippen molar-refractivity contribution in [1.29, 1.82) is 0 Å². The van der Waals surface area contributed by atoms with Crippen LogP contribution in [0.2, 0.25) is 0 Å². The summed E-state index contributed by atoms with van der Waals surface area (Å²) in [6.07, 6.45) is 3.57. The summed E-state index contributed by atoms with van der Waals surface area (Å²) in [5, 5.41) is 25.9. The van der Waals surface area contributed by atoms with Crippen molar-refractivity contribution in [3.05, 3.63) is 65.4 Å². The van der Waals surface area contributed by atoms with E-state index in [0.717, 1.165) is 27.6 Å². The van der Waals surface area contributed by atoms with Gasteiger partial charge in [0.1, 0.15) is 11.8 Å². The molecule has 4 rings (SSSR count). The van der Waals surface area contributed by atoms with Crippen LogP contribution in [0.5, 0.6) is 5.75 Å². The van der Waals surface area contributed by atoms with Gasteiger partial charge in [0.05, 0.1) is 19.6 Å². The van der Waals surface area contributed by atoms with E-state index in [-0.39, 0.29) is 18.1 Å². The molecule has 0 aliphatic carbocycles. The molecule has 9 heteroatoms. The molecule has 0 fully saturated rings. The number of aromatic hydroxyl groups is 1. The third-order valence-electron chi connectivity index (χ3n) is 7.02. The number of phenols is 1. The molecule has 1 aliphatic rings. The predicted octanol–water partition coefficient (Wildman–Crippen LogP) is 2.94. The number of carbonyl (C=O) groups excluding carboxylic acids is 2. The van der Waals surface area contributed by atoms with Gasteiger partial charge in [0, 0.05) is 42.5 Å². The average molecular weight is 522 g/mol. The van der Waals surface area contributed by atoms with Crippen LogP contribution < -0.4 is 10.6 Å². The number of rotatable bonds is 8. The van der Waals surface area contributed by atoms with Gasteiger partial charge in [-0.15, -0.1) is 0 Å². The first-order chi connectivity index (χ1) is 18.3. The van der Waals surface area contributed by atoms with Gasteiger partial charge in [-0.3, -0.25) is 14.4 Å². The lowest BCUT2D eigenvalue weighted by atomic mass is 9.94. The summed E-state index contributed by atoms with van der Waals surface area (Å²) in [5.41, 5.74) is 3.73. The molecule has 2 heterocycles. The van der Waals surface area contributed by atoms with Crippen LogP contribution in [0.3, 0.4) is 0 Å². The smallest absolute Gasteiger partial charge is 0.304 e. The third kappa shape index (κ3) is 6.92. The number of aryl methyl sites for hydroxylation is 2. The first-order valence-electron chi connectivity index (χ1n) is 13.0. The first-order valence-corrected chi connectivity index (χ1v) is 13.0. The second-order valence-corrected chi connectivity index (χ2v) is 9.84. The first kappa shape index (κ1) is 27.2. The highest BCUT2D eigenvalue weighted by molar-refractivity contribution is 5.91. The van der Waals surface area contributed by atoms with E-state index in [1.807, 2.05) is 49.5 Å². The Hall–Kier alpha value is -3.85. The van der Waals surface area contributed by atoms with Crippen LogP contribution in [0.15, 0.2) is 48.7 Å². The van der Waals surface area contributed by atoms with E-state index >= 15 is 0 Å². The predicted molar refractivity (Wildman–Crippen MR) is 143 cm³/mol. The van der Waals surface area contributed by atoms with E-state index < -0.39 is 23.8 Å². The van der Waals surface area contributed by atoms with Gasteiger partial charge in [0.15, 0.2) is 0 Å². The molecule has 2 amide bonds. The molecule has 4 N–H and O–H groups in total. The Morgan fingerprint density at radius 2 is 2.03 bits per heavy atom. The second kappa shape index (κ2) is 12.6. The maximum Gasteiger partial charge on any atom is 0.304 e. The molecule has 2 atom stereocenters. The molecule has 0 radical (unpaired) electrons. The molecule has 2 bridgehead atoms. The van der Waals surface area contributed by atoms with Crippen LogP contribution in [-0.2, 0) is 38.5 Å². The molecule has 1 aliphatic heterocycles. The SMILES string of the molecule is Cc1cc(CCC[C@H](CC(=O)O)C(=O)N[C@H]2Cc3cn(c4ccccc34)CCOCCNC2=O)ccc1O. The number of amides is 2. The lowest BCUT2D eigenvalue weighted by molar-refractivity contribution is -0.141. The van der Waals surface area contributed by atoms with Gasteiger partial charge in [0.2, 0.25) is 11.8 Å². The maximum atomic E-state index is 13.3. The van der Waals surface area contributed by atoms with Crippen LogP contribution in [0.25, 0.3) is 10.9 Å². The molecule has 0 spiro atoms. The van der Waals surface area contributed by atoms with Crippen molar-refractivity contribution >= 4 is 28.7 Å². The van der Waals surface area contributed by atoms with Gasteiger partial charge in [0.25, 0.3) is 0 Å². The van der Waals surface area contributed by atoms with Crippen LogP contribution in [0.1, 0.15) is 36.0 Å². The quantitative estimate of drug-likeness (QED) is 0.361. The maximum absolute atomic E-state index is 13.3. The number of fused-ring (bicyclic) bond motifs is 5. The number of ether oxygens (including phenoxy) is 1. The minimum atomic E-state index is -1.06. The Labute approximate surface area is 221 Å². The Bertz CT molecular complexity index is 1300. The minimum absolute atomic E-state index is 0.224. The highest BCUT2D eigenvalue weighted by atomic mass is 16.5. The Kier molecular flexibility index (Phi) is 9.02. The number of carboxylic acid groups (broad SMARTS) is 1. The number of hydrogen-bond donors (Lipinski definition) is 4. The van der Waals surface area contributed by atoms with Gasteiger partial charge in [-0.25, -0.2) is 0 Å². The largest absolute Gasteiger partial charge is 0.508 e. The fraction of sp³-hybridized carbons (Fsp3) is 0.414. The summed E-state index contributed by atoms with van der Waals surface area (Å²) < 4.78 is 7.76. The number of benzene rings is 2. The number of aromatic nitrogens is 1. The van der Waals surface area contributed by atoms with Crippen LogP contribution in [0.4, 0.5) is 0 Å². The summed E-state index contributed by atoms with van der Waals surface area (Å²) >= 11 is 0. The number of nitrogens with zero attached hydrogens (tertiary/aromatic N) is 1. The lowest BCUT2D eigenvalue weighted by Gasteiger charge is -2.22. The molecule has 0 unspecified atom stereocenters. The van der Waals surface area contributed by atoms with Crippen molar-refractivity contribution in [2.24, 2.45) is 5.92 Å². The van der Waals surface area contributed by atoms with E-state index in [1.165, 1.54) is 0 Å². The number of nitrogens with one attached hydrogen (secondary N) is 2. The van der Waals surface area contributed by atoms with Crippen molar-refractivity contribution in [3.8, 4) is 5.75 Å². The average Bonchev–Trinajstić information content (AvgIpc) is 3.23. The van der Waals surface area contributed by atoms with Crippen LogP contribution >= 0.6 is 0 Å². The van der Waals surface area contributed by atoms with Crippen molar-refractivity contribution in [2.75, 3.05) is 19.8 Å². The van der Waals surface area contributed by atoms with Gasteiger partial charge >= 0.3 is 5.97 Å². The summed E-state index contributed by atoms with van der Waals surface area (Å²) in [6, 6.07) is 12.4. The molecule has 3 aromatic rings. The molecule has 0 saturated carbocycles. The van der Waals surface area contributed by atoms with Crippen LogP contribution in [0, 0.1) is 12.8 Å². The van der Waals surface area contributed by atoms with Crippen molar-refractivity contribution in [3.63, 3.8) is 0 Å². The minimum Gasteiger partial charge on any atom is -0.508 e. The highest BCUT2D eigenvalue weighted by Gasteiger charge is 2.28. The van der Waals surface area contributed by atoms with Crippen molar-refractivity contribution in [1.82, 2.24) is 15.2 Å². The van der Waals surface area contributed by atoms with Gasteiger partial charge in [-0.2, -0.15) is 0 Å². The van der Waals surface area contributed by atoms with E-state index in [0.29, 0.717) is 52.0 Å². The zero-order valence-electron chi connectivity index (χ0n) is 21.6. The molecule has 9 nitrogen and oxygen atoms in total. The monoisotopic (exact) mass is 521 g/mol. The molecule has 38 heavy (non-hydrogen) atoms. The fourth-order valence-electron chi connectivity index (χ4n) is 4.99. The zero-order valence-corrected chi connectivity index (χ0v) is 21.6. The lowest BCUT2D eigenvalue weighted by Crippen LogP contribution is -2.50. The number of carbonyl (C=O) groups is 3. The second-order valence-electron chi connectivity index (χ2n) is 9.84. The van der Waals surface area contributed by atoms with E-state index in [2.05, 4.69) is 15.2 Å². The Morgan fingerprint density at radius 3 is 2.82 bits per heavy atom. The Balaban J connectivity index is 1.49. The van der Waals surface area contributed by atoms with Crippen LogP contribution in [-0.4, -0.2) is 58.4 Å². The molecule has 202 valence electrons. The number of carboxylic acids is 1. The van der Waals surface area contributed by atoms with Crippen molar-refractivity contribution < 1.29 is 29.3 Å². The molecular formula is C29H35N3O6. The zero-order chi connectivity index (χ0) is 27.1. The normalized spacial score (nSPS) is 17.2. The highest BCUT2D eigenvalue weighted by Crippen LogP contribution is 2.24. The number of hydrogen-bond acceptors (Lipinski definition) is 5. The van der Waals surface area contributed by atoms with Gasteiger partial charge < -0.3 is 30.2 Å². The molecule has 1 aromatic heterocycles. The van der Waals surface area contributed by atoms with E-state index in [9.17, 15) is 24.6 Å². The standard InChI is InChI=1S/C29H35N3O6/c1-19-15-20(9-10-26(19)33)5-4-6-21(17-27(34)35)28(36)31-24-16-22-18-32(25-8-3-2-7-23(22)25)12-14-38-13-11-30-29(24)37/h2-3,7-10,15,18,21,24,33H,4-6,11-14,16-17H2,1H3,(H,30,37)(H,31,36)(H,34,35)/t21-,24+/m1/s1. The van der Waals surface area contributed by atoms with Gasteiger partial charge in [-0.05, 0) is 55.0 Å². The summed E-state index contributed by atoms with van der Waals surface area (Å²) in [6.45, 7) is 3.69. The fourth-order valence-corrected chi connectivity index (χ4v) is 4.99. The van der Waals surface area contributed by atoms with E-state index in [4.69, 9.17) is 4.74 Å². The molecule has 0 saturated heterocycles. The number of aliphatic carboxylic acids is 1. The topological polar surface area (TPSA) is 130 Å². The molecular weight excluding hydrogens is 486 g/mol. The molecule has 2 aromatic carbocycles. The number of para-hydroxylation sites is 1. The summed E-state index contributed by atoms with van der Waals surface area (Å²) in [4.78, 5) is 38.0. The summed E-state index contributed by atoms with van der Waals surface area (Å²) in [7, 11) is 0. The Morgan fingerprint density at radius 1 is 1.21 bits per heavy atom. The van der Waals surface area contributed by atoms with E-state index in [1.54, 1.807) is 6.07 Å². The third-order valence-corrected chi connectivity index (χ3v) is 7.02. The van der Waals surface area contributed by atoms with Crippen molar-refractivity contribution in [2.45, 2.75) is 51.6 Å².